The molecule has 10 heavy (non-hydrogen) atoms. The molecule has 0 fully saturated rings. The van der Waals surface area contributed by atoms with Crippen LogP contribution in [-0.2, 0) is 4.79 Å². The normalized spacial score (nSPS) is 8.40. The van der Waals surface area contributed by atoms with Gasteiger partial charge in [-0.1, -0.05) is 18.2 Å². The fraction of sp³-hybridized carbons (Fsp3) is 0. The number of aromatic hydroxyl groups is 1. The number of phenolic OH excluding ortho intramolecular Hbond substituents is 1. The zero-order valence-corrected chi connectivity index (χ0v) is 5.24. The molecule has 0 saturated carbocycles. The minimum Gasteiger partial charge on any atom is -0.507 e. The first-order valence-electron chi connectivity index (χ1n) is 2.83. The van der Waals surface area contributed by atoms with Crippen molar-refractivity contribution in [2.24, 2.45) is 0 Å². The van der Waals surface area contributed by atoms with E-state index in [0.29, 0.717) is 5.56 Å². The first-order valence-corrected chi connectivity index (χ1v) is 2.83. The van der Waals surface area contributed by atoms with Crippen LogP contribution in [0.3, 0.4) is 0 Å². The number of carbonyl (C=O) groups excluding carboxylic acids is 1. The maximum Gasteiger partial charge on any atom is 0.125 e. The molecule has 2 heteroatoms. The molecule has 0 amide bonds. The van der Waals surface area contributed by atoms with Crippen molar-refractivity contribution in [1.82, 2.24) is 0 Å². The second-order valence-corrected chi connectivity index (χ2v) is 1.82. The summed E-state index contributed by atoms with van der Waals surface area (Å²) in [5.74, 6) is 1.69. The minimum atomic E-state index is 0.103. The Labute approximate surface area is 58.4 Å². The summed E-state index contributed by atoms with van der Waals surface area (Å²) < 4.78 is 0. The Morgan fingerprint density at radius 3 is 2.70 bits per heavy atom. The molecule has 0 aliphatic heterocycles. The number of phenols is 1. The van der Waals surface area contributed by atoms with E-state index in [1.54, 1.807) is 24.1 Å². The Morgan fingerprint density at radius 1 is 1.40 bits per heavy atom. The van der Waals surface area contributed by atoms with Crippen LogP contribution in [-0.4, -0.2) is 11.0 Å². The van der Waals surface area contributed by atoms with Crippen LogP contribution in [0.4, 0.5) is 0 Å². The van der Waals surface area contributed by atoms with Crippen LogP contribution in [0, 0.1) is 0 Å². The predicted molar refractivity (Wildman–Crippen MR) is 38.3 cm³/mol. The SMILES string of the molecule is O=C=Cc1ccccc1O. The zero-order valence-electron chi connectivity index (χ0n) is 5.24. The van der Waals surface area contributed by atoms with Crippen molar-refractivity contribution in [2.75, 3.05) is 0 Å². The molecule has 1 aromatic carbocycles. The Bertz CT molecular complexity index is 272. The third kappa shape index (κ3) is 1.24. The van der Waals surface area contributed by atoms with E-state index in [1.165, 1.54) is 12.1 Å². The lowest BCUT2D eigenvalue weighted by Gasteiger charge is -1.92. The van der Waals surface area contributed by atoms with E-state index in [-0.39, 0.29) is 5.75 Å². The zero-order chi connectivity index (χ0) is 7.40. The highest BCUT2D eigenvalue weighted by Gasteiger charge is 1.91. The molecule has 2 nitrogen and oxygen atoms in total. The smallest absolute Gasteiger partial charge is 0.125 e. The monoisotopic (exact) mass is 134 g/mol. The van der Waals surface area contributed by atoms with E-state index < -0.39 is 0 Å². The summed E-state index contributed by atoms with van der Waals surface area (Å²) in [6.07, 6.45) is 1.19. The molecule has 0 aliphatic rings. The van der Waals surface area contributed by atoms with Gasteiger partial charge in [0.25, 0.3) is 0 Å². The average Bonchev–Trinajstić information content (AvgIpc) is 1.94. The Kier molecular flexibility index (Phi) is 1.88. The van der Waals surface area contributed by atoms with Crippen LogP contribution < -0.4 is 0 Å². The van der Waals surface area contributed by atoms with Crippen LogP contribution in [0.1, 0.15) is 5.56 Å². The van der Waals surface area contributed by atoms with Crippen LogP contribution in [0.2, 0.25) is 0 Å². The molecule has 0 heterocycles. The van der Waals surface area contributed by atoms with E-state index in [2.05, 4.69) is 0 Å². The third-order valence-electron chi connectivity index (χ3n) is 1.15. The third-order valence-corrected chi connectivity index (χ3v) is 1.15. The summed E-state index contributed by atoms with van der Waals surface area (Å²) in [7, 11) is 0. The molecule has 0 bridgehead atoms. The maximum absolute atomic E-state index is 9.83. The van der Waals surface area contributed by atoms with Crippen molar-refractivity contribution in [2.45, 2.75) is 0 Å². The Balaban J connectivity index is 3.14. The Morgan fingerprint density at radius 2 is 2.10 bits per heavy atom. The second kappa shape index (κ2) is 2.85. The topological polar surface area (TPSA) is 37.3 Å². The summed E-state index contributed by atoms with van der Waals surface area (Å²) in [6.45, 7) is 0. The van der Waals surface area contributed by atoms with Crippen molar-refractivity contribution >= 4 is 12.0 Å². The van der Waals surface area contributed by atoms with E-state index in [1.807, 2.05) is 0 Å². The average molecular weight is 134 g/mol. The van der Waals surface area contributed by atoms with Gasteiger partial charge in [0.15, 0.2) is 0 Å². The first-order chi connectivity index (χ1) is 4.84. The number of benzene rings is 1. The molecule has 1 aromatic rings. The van der Waals surface area contributed by atoms with Crippen molar-refractivity contribution in [3.8, 4) is 5.75 Å². The van der Waals surface area contributed by atoms with E-state index in [9.17, 15) is 4.79 Å². The molecule has 1 N–H and O–H groups in total. The molecule has 0 aliphatic carbocycles. The van der Waals surface area contributed by atoms with Gasteiger partial charge in [-0.05, 0) is 6.07 Å². The number of hydrogen-bond acceptors (Lipinski definition) is 2. The number of rotatable bonds is 1. The summed E-state index contributed by atoms with van der Waals surface area (Å²) in [5.41, 5.74) is 0.498. The van der Waals surface area contributed by atoms with E-state index >= 15 is 0 Å². The predicted octanol–water partition coefficient (Wildman–Crippen LogP) is 1.24. The lowest BCUT2D eigenvalue weighted by atomic mass is 10.2. The van der Waals surface area contributed by atoms with Crippen LogP contribution in [0.25, 0.3) is 6.08 Å². The molecule has 0 unspecified atom stereocenters. The minimum absolute atomic E-state index is 0.103. The molecule has 1 rings (SSSR count). The largest absolute Gasteiger partial charge is 0.507 e. The molecular weight excluding hydrogens is 128 g/mol. The van der Waals surface area contributed by atoms with Crippen molar-refractivity contribution in [3.63, 3.8) is 0 Å². The highest BCUT2D eigenvalue weighted by Crippen LogP contribution is 2.15. The summed E-state index contributed by atoms with van der Waals surface area (Å²) >= 11 is 0. The highest BCUT2D eigenvalue weighted by molar-refractivity contribution is 5.77. The lowest BCUT2D eigenvalue weighted by molar-refractivity contribution is 0.474. The fourth-order valence-corrected chi connectivity index (χ4v) is 0.673. The maximum atomic E-state index is 9.83. The number of para-hydroxylation sites is 1. The molecular formula is C8H6O2. The first kappa shape index (κ1) is 6.59. The van der Waals surface area contributed by atoms with Gasteiger partial charge in [0.05, 0.1) is 0 Å². The van der Waals surface area contributed by atoms with Gasteiger partial charge >= 0.3 is 0 Å². The quantitative estimate of drug-likeness (QED) is 0.586. The summed E-state index contributed by atoms with van der Waals surface area (Å²) in [5, 5.41) is 9.03. The van der Waals surface area contributed by atoms with Gasteiger partial charge in [-0.2, -0.15) is 0 Å². The molecule has 0 aromatic heterocycles. The summed E-state index contributed by atoms with van der Waals surface area (Å²) in [4.78, 5) is 9.83. The van der Waals surface area contributed by atoms with Gasteiger partial charge in [0.2, 0.25) is 0 Å². The van der Waals surface area contributed by atoms with Gasteiger partial charge in [-0.15, -0.1) is 0 Å². The fourth-order valence-electron chi connectivity index (χ4n) is 0.673. The van der Waals surface area contributed by atoms with Gasteiger partial charge in [0, 0.05) is 11.6 Å². The molecule has 0 saturated heterocycles. The molecule has 0 spiro atoms. The van der Waals surface area contributed by atoms with Crippen LogP contribution >= 0.6 is 0 Å². The Hall–Kier alpha value is -1.53. The van der Waals surface area contributed by atoms with Gasteiger partial charge in [-0.25, -0.2) is 4.79 Å². The van der Waals surface area contributed by atoms with Gasteiger partial charge in [0.1, 0.15) is 11.7 Å². The highest BCUT2D eigenvalue weighted by atomic mass is 16.3. The van der Waals surface area contributed by atoms with Crippen LogP contribution in [0.5, 0.6) is 5.75 Å². The van der Waals surface area contributed by atoms with E-state index in [4.69, 9.17) is 5.11 Å². The molecule has 0 radical (unpaired) electrons. The van der Waals surface area contributed by atoms with E-state index in [0.717, 1.165) is 0 Å². The van der Waals surface area contributed by atoms with Crippen molar-refractivity contribution < 1.29 is 9.90 Å². The van der Waals surface area contributed by atoms with Gasteiger partial charge in [-0.3, -0.25) is 0 Å². The summed E-state index contributed by atoms with van der Waals surface area (Å²) in [6, 6.07) is 6.59. The van der Waals surface area contributed by atoms with Crippen LogP contribution in [0.15, 0.2) is 24.3 Å². The number of hydrogen-bond donors (Lipinski definition) is 1. The van der Waals surface area contributed by atoms with Crippen molar-refractivity contribution in [1.29, 1.82) is 0 Å². The second-order valence-electron chi connectivity index (χ2n) is 1.82. The molecule has 50 valence electrons. The van der Waals surface area contributed by atoms with Gasteiger partial charge < -0.3 is 5.11 Å². The standard InChI is InChI=1S/C8H6O2/c9-6-5-7-3-1-2-4-8(7)10/h1-5,10H. The molecule has 0 atom stereocenters. The van der Waals surface area contributed by atoms with Crippen molar-refractivity contribution in [3.05, 3.63) is 29.8 Å². The lowest BCUT2D eigenvalue weighted by Crippen LogP contribution is -1.71.